The summed E-state index contributed by atoms with van der Waals surface area (Å²) in [7, 11) is 0. The van der Waals surface area contributed by atoms with Crippen molar-refractivity contribution in [3.05, 3.63) is 0 Å². The zero-order valence-electron chi connectivity index (χ0n) is 10.7. The van der Waals surface area contributed by atoms with Gasteiger partial charge in [0.25, 0.3) is 0 Å². The molecule has 15 heavy (non-hydrogen) atoms. The Bertz CT molecular complexity index is 169. The standard InChI is InChI=1S/C14H27N/c1-5-8-9-10-12-13(4)15-14(7-3)11-6-2/h2,13-15H,5,7-12H2,1,3-4H3. The third kappa shape index (κ3) is 8.51. The second-order valence-electron chi connectivity index (χ2n) is 4.43. The lowest BCUT2D eigenvalue weighted by Crippen LogP contribution is -2.35. The Hall–Kier alpha value is -0.480. The van der Waals surface area contributed by atoms with E-state index in [4.69, 9.17) is 6.42 Å². The molecule has 0 bridgehead atoms. The van der Waals surface area contributed by atoms with Crippen LogP contribution in [0.25, 0.3) is 0 Å². The highest BCUT2D eigenvalue weighted by Crippen LogP contribution is 2.07. The fourth-order valence-electron chi connectivity index (χ4n) is 1.83. The summed E-state index contributed by atoms with van der Waals surface area (Å²) in [5.74, 6) is 2.74. The van der Waals surface area contributed by atoms with Crippen LogP contribution in [-0.2, 0) is 0 Å². The van der Waals surface area contributed by atoms with Crippen molar-refractivity contribution in [2.45, 2.75) is 77.8 Å². The molecule has 0 aliphatic carbocycles. The predicted molar refractivity (Wildman–Crippen MR) is 68.9 cm³/mol. The van der Waals surface area contributed by atoms with Crippen molar-refractivity contribution < 1.29 is 0 Å². The first-order valence-electron chi connectivity index (χ1n) is 6.44. The largest absolute Gasteiger partial charge is 0.311 e. The summed E-state index contributed by atoms with van der Waals surface area (Å²) in [5, 5.41) is 3.60. The van der Waals surface area contributed by atoms with Gasteiger partial charge >= 0.3 is 0 Å². The highest BCUT2D eigenvalue weighted by Gasteiger charge is 2.08. The summed E-state index contributed by atoms with van der Waals surface area (Å²) >= 11 is 0. The van der Waals surface area contributed by atoms with E-state index < -0.39 is 0 Å². The summed E-state index contributed by atoms with van der Waals surface area (Å²) in [6, 6.07) is 1.12. The minimum Gasteiger partial charge on any atom is -0.311 e. The van der Waals surface area contributed by atoms with Crippen molar-refractivity contribution in [1.82, 2.24) is 5.32 Å². The molecule has 0 saturated carbocycles. The first-order valence-corrected chi connectivity index (χ1v) is 6.44. The molecule has 0 heterocycles. The fraction of sp³-hybridized carbons (Fsp3) is 0.857. The van der Waals surface area contributed by atoms with Crippen LogP contribution in [0, 0.1) is 12.3 Å². The first-order chi connectivity index (χ1) is 7.24. The topological polar surface area (TPSA) is 12.0 Å². The minimum atomic E-state index is 0.510. The van der Waals surface area contributed by atoms with Gasteiger partial charge in [-0.1, -0.05) is 39.5 Å². The monoisotopic (exact) mass is 209 g/mol. The number of hydrogen-bond acceptors (Lipinski definition) is 1. The van der Waals surface area contributed by atoms with Crippen molar-refractivity contribution in [1.29, 1.82) is 0 Å². The Kier molecular flexibility index (Phi) is 9.73. The lowest BCUT2D eigenvalue weighted by atomic mass is 10.1. The van der Waals surface area contributed by atoms with E-state index in [1.54, 1.807) is 0 Å². The van der Waals surface area contributed by atoms with Crippen LogP contribution in [0.2, 0.25) is 0 Å². The van der Waals surface area contributed by atoms with Gasteiger partial charge in [0.15, 0.2) is 0 Å². The van der Waals surface area contributed by atoms with Gasteiger partial charge in [0, 0.05) is 18.5 Å². The first kappa shape index (κ1) is 14.5. The van der Waals surface area contributed by atoms with Gasteiger partial charge in [-0.05, 0) is 19.8 Å². The maximum atomic E-state index is 5.33. The lowest BCUT2D eigenvalue weighted by Gasteiger charge is -2.20. The maximum absolute atomic E-state index is 5.33. The molecule has 1 nitrogen and oxygen atoms in total. The third-order valence-corrected chi connectivity index (χ3v) is 2.87. The number of hydrogen-bond donors (Lipinski definition) is 1. The molecule has 0 rings (SSSR count). The smallest absolute Gasteiger partial charge is 0.0240 e. The maximum Gasteiger partial charge on any atom is 0.0240 e. The second kappa shape index (κ2) is 10.1. The van der Waals surface area contributed by atoms with E-state index in [-0.39, 0.29) is 0 Å². The summed E-state index contributed by atoms with van der Waals surface area (Å²) in [5.41, 5.74) is 0. The van der Waals surface area contributed by atoms with Gasteiger partial charge in [0.05, 0.1) is 0 Å². The van der Waals surface area contributed by atoms with E-state index in [1.807, 2.05) is 0 Å². The molecule has 2 unspecified atom stereocenters. The van der Waals surface area contributed by atoms with E-state index in [9.17, 15) is 0 Å². The van der Waals surface area contributed by atoms with Gasteiger partial charge in [-0.15, -0.1) is 12.3 Å². The quantitative estimate of drug-likeness (QED) is 0.450. The molecule has 0 fully saturated rings. The molecular formula is C14H27N. The molecule has 0 aliphatic rings. The van der Waals surface area contributed by atoms with Crippen LogP contribution >= 0.6 is 0 Å². The van der Waals surface area contributed by atoms with E-state index in [1.165, 1.54) is 32.1 Å². The molecule has 0 aromatic rings. The molecule has 0 aromatic carbocycles. The van der Waals surface area contributed by atoms with Crippen LogP contribution in [0.15, 0.2) is 0 Å². The molecule has 0 amide bonds. The summed E-state index contributed by atoms with van der Waals surface area (Å²) in [4.78, 5) is 0. The van der Waals surface area contributed by atoms with Crippen molar-refractivity contribution in [2.24, 2.45) is 0 Å². The van der Waals surface area contributed by atoms with Gasteiger partial charge in [-0.25, -0.2) is 0 Å². The number of terminal acetylenes is 1. The average molecular weight is 209 g/mol. The van der Waals surface area contributed by atoms with Crippen LogP contribution in [-0.4, -0.2) is 12.1 Å². The SMILES string of the molecule is C#CCC(CC)NC(C)CCCCCC. The fourth-order valence-corrected chi connectivity index (χ4v) is 1.83. The van der Waals surface area contributed by atoms with Gasteiger partial charge in [-0.3, -0.25) is 0 Å². The van der Waals surface area contributed by atoms with Crippen molar-refractivity contribution in [2.75, 3.05) is 0 Å². The van der Waals surface area contributed by atoms with E-state index >= 15 is 0 Å². The van der Waals surface area contributed by atoms with E-state index in [2.05, 4.69) is 32.0 Å². The van der Waals surface area contributed by atoms with Gasteiger partial charge in [-0.2, -0.15) is 0 Å². The lowest BCUT2D eigenvalue weighted by molar-refractivity contribution is 0.409. The van der Waals surface area contributed by atoms with Crippen LogP contribution in [0.4, 0.5) is 0 Å². The molecule has 0 aliphatic heterocycles. The van der Waals surface area contributed by atoms with Gasteiger partial charge < -0.3 is 5.32 Å². The Morgan fingerprint density at radius 3 is 2.47 bits per heavy atom. The zero-order chi connectivity index (χ0) is 11.5. The predicted octanol–water partition coefficient (Wildman–Crippen LogP) is 3.74. The Morgan fingerprint density at radius 1 is 1.20 bits per heavy atom. The number of unbranched alkanes of at least 4 members (excludes halogenated alkanes) is 3. The van der Waals surface area contributed by atoms with Crippen LogP contribution in [0.5, 0.6) is 0 Å². The van der Waals surface area contributed by atoms with Crippen LogP contribution in [0.3, 0.4) is 0 Å². The summed E-state index contributed by atoms with van der Waals surface area (Å²) < 4.78 is 0. The van der Waals surface area contributed by atoms with Gasteiger partial charge in [0.1, 0.15) is 0 Å². The average Bonchev–Trinajstić information content (AvgIpc) is 2.24. The normalized spacial score (nSPS) is 14.5. The number of rotatable bonds is 9. The molecule has 2 atom stereocenters. The zero-order valence-corrected chi connectivity index (χ0v) is 10.7. The molecule has 0 radical (unpaired) electrons. The molecule has 0 saturated heterocycles. The van der Waals surface area contributed by atoms with Crippen LogP contribution < -0.4 is 5.32 Å². The molecular weight excluding hydrogens is 182 g/mol. The molecule has 1 heteroatoms. The Labute approximate surface area is 96.0 Å². The molecule has 1 N–H and O–H groups in total. The van der Waals surface area contributed by atoms with Crippen molar-refractivity contribution in [3.63, 3.8) is 0 Å². The molecule has 88 valence electrons. The van der Waals surface area contributed by atoms with Gasteiger partial charge in [0.2, 0.25) is 0 Å². The van der Waals surface area contributed by atoms with E-state index in [0.29, 0.717) is 12.1 Å². The Morgan fingerprint density at radius 2 is 1.93 bits per heavy atom. The van der Waals surface area contributed by atoms with Crippen molar-refractivity contribution in [3.8, 4) is 12.3 Å². The van der Waals surface area contributed by atoms with E-state index in [0.717, 1.165) is 12.8 Å². The molecule has 0 spiro atoms. The van der Waals surface area contributed by atoms with Crippen LogP contribution in [0.1, 0.15) is 65.7 Å². The second-order valence-corrected chi connectivity index (χ2v) is 4.43. The van der Waals surface area contributed by atoms with Crippen molar-refractivity contribution >= 4 is 0 Å². The third-order valence-electron chi connectivity index (χ3n) is 2.87. The highest BCUT2D eigenvalue weighted by atomic mass is 14.9. The highest BCUT2D eigenvalue weighted by molar-refractivity contribution is 4.89. The Balaban J connectivity index is 3.53. The summed E-state index contributed by atoms with van der Waals surface area (Å²) in [6.45, 7) is 6.71. The number of nitrogens with one attached hydrogen (secondary N) is 1. The minimum absolute atomic E-state index is 0.510. The molecule has 0 aromatic heterocycles. The summed E-state index contributed by atoms with van der Waals surface area (Å²) in [6.07, 6.45) is 14.0.